The minimum absolute atomic E-state index is 0.0369. The second-order valence-corrected chi connectivity index (χ2v) is 13.9. The number of thioether (sulfide) groups is 1. The van der Waals surface area contributed by atoms with Crippen molar-refractivity contribution in [3.8, 4) is 0 Å². The highest BCUT2D eigenvalue weighted by atomic mass is 32.2. The van der Waals surface area contributed by atoms with E-state index in [1.807, 2.05) is 0 Å². The molecule has 9 atom stereocenters. The summed E-state index contributed by atoms with van der Waals surface area (Å²) in [5, 5.41) is -0.718. The summed E-state index contributed by atoms with van der Waals surface area (Å²) in [6, 6.07) is 1.76. The van der Waals surface area contributed by atoms with Gasteiger partial charge < -0.3 is 18.8 Å². The average molecular weight is 668 g/mol. The number of hydrogen-bond acceptors (Lipinski definition) is 9. The van der Waals surface area contributed by atoms with Crippen molar-refractivity contribution in [2.24, 2.45) is 28.6 Å². The normalized spacial score (nSPS) is 37.4. The number of rotatable bonds is 7. The molecule has 13 heteroatoms. The van der Waals surface area contributed by atoms with Gasteiger partial charge in [0, 0.05) is 43.2 Å². The number of fused-ring (bicyclic) bond motifs is 5. The van der Waals surface area contributed by atoms with Crippen LogP contribution in [0.4, 0.5) is 13.2 Å². The van der Waals surface area contributed by atoms with Crippen LogP contribution in [0.1, 0.15) is 63.9 Å². The average Bonchev–Trinajstić information content (AvgIpc) is 3.62. The van der Waals surface area contributed by atoms with Crippen LogP contribution in [0.25, 0.3) is 0 Å². The van der Waals surface area contributed by atoms with E-state index < -0.39 is 81.0 Å². The quantitative estimate of drug-likeness (QED) is 0.271. The van der Waals surface area contributed by atoms with Gasteiger partial charge in [-0.25, -0.2) is 18.0 Å². The molecule has 46 heavy (non-hydrogen) atoms. The second-order valence-electron chi connectivity index (χ2n) is 13.0. The fraction of sp³-hybridized carbons (Fsp3) is 0.606. The fourth-order valence-electron chi connectivity index (χ4n) is 8.30. The van der Waals surface area contributed by atoms with E-state index in [2.05, 4.69) is 0 Å². The summed E-state index contributed by atoms with van der Waals surface area (Å²) < 4.78 is 64.7. The number of carbonyl (C=O) groups is 5. The minimum atomic E-state index is -2.41. The molecule has 9 nitrogen and oxygen atoms in total. The van der Waals surface area contributed by atoms with Gasteiger partial charge in [-0.05, 0) is 73.7 Å². The van der Waals surface area contributed by atoms with Crippen LogP contribution in [0, 0.1) is 28.6 Å². The summed E-state index contributed by atoms with van der Waals surface area (Å²) in [4.78, 5) is 62.8. The third kappa shape index (κ3) is 5.41. The lowest BCUT2D eigenvalue weighted by molar-refractivity contribution is -0.228. The van der Waals surface area contributed by atoms with Crippen LogP contribution in [-0.2, 0) is 28.7 Å². The monoisotopic (exact) mass is 667 g/mol. The highest BCUT2D eigenvalue weighted by Crippen LogP contribution is 2.72. The predicted octanol–water partition coefficient (Wildman–Crippen LogP) is 5.59. The Labute approximate surface area is 270 Å². The number of esters is 2. The standard InChI is InChI=1S/C30H33F3O7S.C3H7NO/c1-5-24(35)40-30(26(37)41-15-31)16(2)11-18-19-13-21(32)20-12-17(34)8-9-27(20,3)29(19,33)23(14-28(18,30)4)39-25(36)22-7-6-10-38-22;1-4(2)3-5/h6-10,12,16,18-19,21,23H,5,11,13-15H2,1-4H3;3H,1-2H3/t16-,18+,19+,21+,23+,27+,28+,29+,30+;/m1./s1. The number of amides is 1. The Hall–Kier alpha value is -3.35. The van der Waals surface area contributed by atoms with Gasteiger partial charge in [-0.2, -0.15) is 0 Å². The first kappa shape index (κ1) is 35.5. The van der Waals surface area contributed by atoms with E-state index in [0.29, 0.717) is 11.8 Å². The first-order chi connectivity index (χ1) is 21.6. The van der Waals surface area contributed by atoms with E-state index in [0.717, 1.165) is 12.5 Å². The van der Waals surface area contributed by atoms with Crippen molar-refractivity contribution in [1.82, 2.24) is 4.90 Å². The lowest BCUT2D eigenvalue weighted by atomic mass is 9.44. The summed E-state index contributed by atoms with van der Waals surface area (Å²) in [6.07, 6.45) is 1.88. The Morgan fingerprint density at radius 2 is 1.87 bits per heavy atom. The van der Waals surface area contributed by atoms with E-state index in [4.69, 9.17) is 13.9 Å². The van der Waals surface area contributed by atoms with Gasteiger partial charge in [0.25, 0.3) is 0 Å². The van der Waals surface area contributed by atoms with Crippen LogP contribution in [0.3, 0.4) is 0 Å². The molecule has 4 aliphatic rings. The summed E-state index contributed by atoms with van der Waals surface area (Å²) in [5.41, 5.74) is -7.34. The number of hydrogen-bond donors (Lipinski definition) is 0. The molecule has 1 aromatic rings. The van der Waals surface area contributed by atoms with Gasteiger partial charge in [-0.1, -0.05) is 26.8 Å². The van der Waals surface area contributed by atoms with E-state index in [-0.39, 0.29) is 37.0 Å². The lowest BCUT2D eigenvalue weighted by Gasteiger charge is -2.63. The van der Waals surface area contributed by atoms with Crippen LogP contribution in [0.2, 0.25) is 0 Å². The largest absolute Gasteiger partial charge is 0.457 e. The predicted molar refractivity (Wildman–Crippen MR) is 163 cm³/mol. The Kier molecular flexibility index (Phi) is 10.1. The SMILES string of the molecule is CCC(=O)O[C@]1(C(=O)SCF)[C@H](C)C[C@H]2[C@@H]3C[C@H](F)C4=CC(=O)C=C[C@]4(C)[C@@]3(F)[C@@H](OC(=O)c3ccco3)C[C@@]21C.CN(C)C=O. The van der Waals surface area contributed by atoms with Crippen molar-refractivity contribution < 1.29 is 51.0 Å². The molecule has 4 aliphatic carbocycles. The molecule has 0 radical (unpaired) electrons. The minimum Gasteiger partial charge on any atom is -0.457 e. The van der Waals surface area contributed by atoms with E-state index in [9.17, 15) is 28.4 Å². The number of allylic oxidation sites excluding steroid dienone is 4. The summed E-state index contributed by atoms with van der Waals surface area (Å²) in [6.45, 7) is 6.40. The Bertz CT molecular complexity index is 1430. The molecule has 0 bridgehead atoms. The lowest BCUT2D eigenvalue weighted by Crippen LogP contribution is -2.71. The zero-order valence-corrected chi connectivity index (χ0v) is 27.5. The summed E-state index contributed by atoms with van der Waals surface area (Å²) in [7, 11) is 3.38. The highest BCUT2D eigenvalue weighted by molar-refractivity contribution is 8.13. The fourth-order valence-corrected chi connectivity index (χ4v) is 9.09. The number of halogens is 3. The first-order valence-electron chi connectivity index (χ1n) is 15.2. The van der Waals surface area contributed by atoms with Crippen molar-refractivity contribution in [3.05, 3.63) is 48.0 Å². The molecular formula is C33H40F3NO8S. The zero-order valence-electron chi connectivity index (χ0n) is 26.7. The number of nitrogens with zero attached hydrogens (tertiary/aromatic N) is 1. The van der Waals surface area contributed by atoms with Crippen molar-refractivity contribution in [2.75, 3.05) is 20.1 Å². The van der Waals surface area contributed by atoms with Crippen molar-refractivity contribution in [3.63, 3.8) is 0 Å². The summed E-state index contributed by atoms with van der Waals surface area (Å²) >= 11 is 0.367. The van der Waals surface area contributed by atoms with Crippen molar-refractivity contribution in [1.29, 1.82) is 0 Å². The Morgan fingerprint density at radius 1 is 1.20 bits per heavy atom. The van der Waals surface area contributed by atoms with Gasteiger partial charge in [0.15, 0.2) is 17.1 Å². The maximum Gasteiger partial charge on any atom is 0.374 e. The third-order valence-corrected chi connectivity index (χ3v) is 11.1. The molecule has 0 N–H and O–H groups in total. The molecule has 5 rings (SSSR count). The summed E-state index contributed by atoms with van der Waals surface area (Å²) in [5.74, 6) is -4.80. The maximum atomic E-state index is 18.2. The van der Waals surface area contributed by atoms with Crippen LogP contribution in [0.15, 0.2) is 46.6 Å². The van der Waals surface area contributed by atoms with E-state index in [1.165, 1.54) is 42.4 Å². The smallest absolute Gasteiger partial charge is 0.374 e. The Morgan fingerprint density at radius 3 is 2.43 bits per heavy atom. The molecular weight excluding hydrogens is 627 g/mol. The van der Waals surface area contributed by atoms with Crippen molar-refractivity contribution in [2.45, 2.75) is 76.9 Å². The number of alkyl halides is 3. The number of ether oxygens (including phenoxy) is 2. The van der Waals surface area contributed by atoms with Gasteiger partial charge in [-0.3, -0.25) is 19.2 Å². The molecule has 1 aromatic heterocycles. The molecule has 0 aromatic carbocycles. The molecule has 252 valence electrons. The van der Waals surface area contributed by atoms with Crippen LogP contribution < -0.4 is 0 Å². The van der Waals surface area contributed by atoms with Crippen LogP contribution >= 0.6 is 11.8 Å². The topological polar surface area (TPSA) is 120 Å². The van der Waals surface area contributed by atoms with Gasteiger partial charge >= 0.3 is 11.9 Å². The second kappa shape index (κ2) is 13.0. The zero-order chi connectivity index (χ0) is 34.2. The third-order valence-electron chi connectivity index (χ3n) is 10.4. The highest BCUT2D eigenvalue weighted by Gasteiger charge is 2.79. The van der Waals surface area contributed by atoms with E-state index >= 15 is 8.78 Å². The molecule has 1 heterocycles. The van der Waals surface area contributed by atoms with Crippen LogP contribution in [-0.4, -0.2) is 77.8 Å². The van der Waals surface area contributed by atoms with Crippen LogP contribution in [0.5, 0.6) is 0 Å². The van der Waals surface area contributed by atoms with Gasteiger partial charge in [0.05, 0.1) is 6.26 Å². The molecule has 0 spiro atoms. The Balaban J connectivity index is 0.000000892. The number of ketones is 1. The van der Waals surface area contributed by atoms with Crippen molar-refractivity contribution >= 4 is 41.0 Å². The van der Waals surface area contributed by atoms with Gasteiger partial charge in [0.1, 0.15) is 18.3 Å². The first-order valence-corrected chi connectivity index (χ1v) is 16.1. The molecule has 1 amide bonds. The van der Waals surface area contributed by atoms with E-state index in [1.54, 1.807) is 34.9 Å². The molecule has 3 fully saturated rings. The van der Waals surface area contributed by atoms with Gasteiger partial charge in [-0.15, -0.1) is 0 Å². The molecule has 0 saturated heterocycles. The maximum absolute atomic E-state index is 18.2. The molecule has 3 saturated carbocycles. The number of carbonyl (C=O) groups excluding carboxylic acids is 5. The van der Waals surface area contributed by atoms with Gasteiger partial charge in [0.2, 0.25) is 17.3 Å². The molecule has 0 aliphatic heterocycles. The number of furan rings is 1. The molecule has 0 unspecified atom stereocenters.